The molecule has 0 aromatic rings. The van der Waals surface area contributed by atoms with Gasteiger partial charge in [0, 0.05) is 6.54 Å². The zero-order valence-electron chi connectivity index (χ0n) is 13.4. The number of unbranched alkanes of at least 4 members (excludes halogenated alkanes) is 1. The summed E-state index contributed by atoms with van der Waals surface area (Å²) in [7, 11) is 0. The number of nitro groups is 1. The average molecular weight is 333 g/mol. The molecular weight excluding hydrogens is 310 g/mol. The van der Waals surface area contributed by atoms with Crippen molar-refractivity contribution in [3.63, 3.8) is 0 Å². The van der Waals surface area contributed by atoms with E-state index < -0.39 is 28.7 Å². The van der Waals surface area contributed by atoms with Crippen LogP contribution in [0.5, 0.6) is 0 Å². The zero-order valence-corrected chi connectivity index (χ0v) is 13.4. The summed E-state index contributed by atoms with van der Waals surface area (Å²) < 4.78 is 4.99. The fourth-order valence-electron chi connectivity index (χ4n) is 1.52. The van der Waals surface area contributed by atoms with Gasteiger partial charge in [-0.3, -0.25) is 0 Å². The van der Waals surface area contributed by atoms with Crippen LogP contribution in [0.2, 0.25) is 0 Å². The molecule has 1 amide bonds. The molecule has 0 spiro atoms. The molecule has 1 atom stereocenters. The standard InChI is InChI=1S/C12H23N5O6/c1-12(2,3)23-11(20)15-8(9(18)19)6-4-5-7-14-10(13)16-17(21)22/h8H,4-7H2,1-3H3,(H,15,20)(H,18,19)(H3,13,14,16). The molecule has 0 rings (SSSR count). The summed E-state index contributed by atoms with van der Waals surface area (Å²) in [5.41, 5.74) is 4.50. The maximum atomic E-state index is 11.5. The van der Waals surface area contributed by atoms with E-state index in [1.54, 1.807) is 20.8 Å². The van der Waals surface area contributed by atoms with Gasteiger partial charge >= 0.3 is 12.1 Å². The molecule has 0 aliphatic carbocycles. The Kier molecular flexibility index (Phi) is 8.37. The van der Waals surface area contributed by atoms with E-state index in [0.29, 0.717) is 19.4 Å². The Morgan fingerprint density at radius 3 is 2.48 bits per heavy atom. The number of rotatable bonds is 8. The van der Waals surface area contributed by atoms with Crippen LogP contribution in [-0.4, -0.2) is 46.3 Å². The topological polar surface area (TPSA) is 169 Å². The van der Waals surface area contributed by atoms with Crippen molar-refractivity contribution in [1.29, 1.82) is 0 Å². The predicted molar refractivity (Wildman–Crippen MR) is 81.3 cm³/mol. The van der Waals surface area contributed by atoms with Gasteiger partial charge in [-0.25, -0.2) is 19.7 Å². The van der Waals surface area contributed by atoms with Crippen LogP contribution in [0.4, 0.5) is 4.79 Å². The number of ether oxygens (including phenoxy) is 1. The second-order valence-corrected chi connectivity index (χ2v) is 5.68. The van der Waals surface area contributed by atoms with Gasteiger partial charge in [0.25, 0.3) is 5.96 Å². The van der Waals surface area contributed by atoms with Gasteiger partial charge in [-0.2, -0.15) is 0 Å². The molecule has 0 aliphatic rings. The first-order valence-corrected chi connectivity index (χ1v) is 6.96. The number of nitrogens with one attached hydrogen (secondary N) is 2. The minimum Gasteiger partial charge on any atom is -0.480 e. The molecule has 0 saturated carbocycles. The molecule has 23 heavy (non-hydrogen) atoms. The Labute approximate surface area is 133 Å². The molecule has 0 radical (unpaired) electrons. The maximum absolute atomic E-state index is 11.5. The van der Waals surface area contributed by atoms with Crippen LogP contribution in [0.25, 0.3) is 0 Å². The molecule has 0 saturated heterocycles. The molecule has 0 aromatic carbocycles. The first-order chi connectivity index (χ1) is 10.5. The van der Waals surface area contributed by atoms with Gasteiger partial charge in [-0.05, 0) is 40.0 Å². The van der Waals surface area contributed by atoms with E-state index in [1.165, 1.54) is 0 Å². The lowest BCUT2D eigenvalue weighted by Gasteiger charge is -2.22. The largest absolute Gasteiger partial charge is 0.480 e. The van der Waals surface area contributed by atoms with Crippen LogP contribution >= 0.6 is 0 Å². The lowest BCUT2D eigenvalue weighted by atomic mass is 10.1. The number of carboxylic acid groups (broad SMARTS) is 1. The van der Waals surface area contributed by atoms with Crippen molar-refractivity contribution in [2.75, 3.05) is 6.54 Å². The molecule has 11 heteroatoms. The van der Waals surface area contributed by atoms with Gasteiger partial charge in [0.1, 0.15) is 16.7 Å². The molecule has 5 N–H and O–H groups in total. The number of alkyl carbamates (subject to hydrolysis) is 1. The molecular formula is C12H23N5O6. The SMILES string of the molecule is CC(C)(C)OC(=O)NC(CCCCN/C(N)=N/[N+](=O)[O-])C(=O)O. The van der Waals surface area contributed by atoms with Crippen molar-refractivity contribution in [2.45, 2.75) is 51.7 Å². The van der Waals surface area contributed by atoms with E-state index in [-0.39, 0.29) is 12.4 Å². The summed E-state index contributed by atoms with van der Waals surface area (Å²) in [6.45, 7) is 5.31. The highest BCUT2D eigenvalue weighted by Crippen LogP contribution is 2.08. The number of carbonyl (C=O) groups excluding carboxylic acids is 1. The fourth-order valence-corrected chi connectivity index (χ4v) is 1.52. The number of guanidine groups is 1. The fraction of sp³-hybridized carbons (Fsp3) is 0.750. The van der Waals surface area contributed by atoms with Crippen LogP contribution in [0.15, 0.2) is 5.10 Å². The number of nitrogens with zero attached hydrogens (tertiary/aromatic N) is 2. The monoisotopic (exact) mass is 333 g/mol. The van der Waals surface area contributed by atoms with Crippen molar-refractivity contribution >= 4 is 18.0 Å². The van der Waals surface area contributed by atoms with Crippen LogP contribution in [0.1, 0.15) is 40.0 Å². The van der Waals surface area contributed by atoms with E-state index in [4.69, 9.17) is 15.6 Å². The lowest BCUT2D eigenvalue weighted by molar-refractivity contribution is -0.485. The molecule has 11 nitrogen and oxygen atoms in total. The van der Waals surface area contributed by atoms with E-state index in [2.05, 4.69) is 15.7 Å². The molecule has 0 aliphatic heterocycles. The van der Waals surface area contributed by atoms with Gasteiger partial charge in [0.05, 0.1) is 0 Å². The van der Waals surface area contributed by atoms with Crippen LogP contribution < -0.4 is 16.4 Å². The van der Waals surface area contributed by atoms with Crippen molar-refractivity contribution in [3.8, 4) is 0 Å². The number of hydrogen-bond donors (Lipinski definition) is 4. The summed E-state index contributed by atoms with van der Waals surface area (Å²) in [6.07, 6.45) is 0.326. The molecule has 132 valence electrons. The molecule has 0 fully saturated rings. The normalized spacial score (nSPS) is 13.1. The van der Waals surface area contributed by atoms with Gasteiger partial charge in [-0.15, -0.1) is 0 Å². The van der Waals surface area contributed by atoms with Crippen LogP contribution in [0.3, 0.4) is 0 Å². The summed E-state index contributed by atoms with van der Waals surface area (Å²) >= 11 is 0. The van der Waals surface area contributed by atoms with Gasteiger partial charge in [0.2, 0.25) is 0 Å². The molecule has 1 unspecified atom stereocenters. The van der Waals surface area contributed by atoms with Crippen molar-refractivity contribution in [2.24, 2.45) is 10.8 Å². The van der Waals surface area contributed by atoms with Gasteiger partial charge in [0.15, 0.2) is 5.03 Å². The number of aliphatic carboxylic acids is 1. The van der Waals surface area contributed by atoms with E-state index in [0.717, 1.165) is 0 Å². The predicted octanol–water partition coefficient (Wildman–Crippen LogP) is 0.231. The third-order valence-electron chi connectivity index (χ3n) is 2.40. The Morgan fingerprint density at radius 2 is 2.00 bits per heavy atom. The highest BCUT2D eigenvalue weighted by atomic mass is 16.7. The summed E-state index contributed by atoms with van der Waals surface area (Å²) in [6, 6.07) is -1.07. The number of hydrazone groups is 1. The first kappa shape index (κ1) is 20.4. The van der Waals surface area contributed by atoms with Crippen LogP contribution in [0, 0.1) is 10.1 Å². The Morgan fingerprint density at radius 1 is 1.39 bits per heavy atom. The minimum absolute atomic E-state index is 0.183. The zero-order chi connectivity index (χ0) is 18.0. The smallest absolute Gasteiger partial charge is 0.408 e. The van der Waals surface area contributed by atoms with E-state index in [9.17, 15) is 19.7 Å². The van der Waals surface area contributed by atoms with Gasteiger partial charge in [-0.1, -0.05) is 0 Å². The lowest BCUT2D eigenvalue weighted by Crippen LogP contribution is -2.43. The van der Waals surface area contributed by atoms with Crippen molar-refractivity contribution in [3.05, 3.63) is 10.1 Å². The number of carbonyl (C=O) groups is 2. The molecule has 0 heterocycles. The highest BCUT2D eigenvalue weighted by molar-refractivity contribution is 5.80. The van der Waals surface area contributed by atoms with Crippen molar-refractivity contribution < 1.29 is 24.5 Å². The molecule has 0 bridgehead atoms. The third kappa shape index (κ3) is 11.7. The quantitative estimate of drug-likeness (QED) is 0.161. The van der Waals surface area contributed by atoms with Crippen molar-refractivity contribution in [1.82, 2.24) is 10.6 Å². The summed E-state index contributed by atoms with van der Waals surface area (Å²) in [5, 5.41) is 25.8. The van der Waals surface area contributed by atoms with Crippen LogP contribution in [-0.2, 0) is 9.53 Å². The summed E-state index contributed by atoms with van der Waals surface area (Å²) in [5.74, 6) is -1.49. The van der Waals surface area contributed by atoms with E-state index >= 15 is 0 Å². The van der Waals surface area contributed by atoms with E-state index in [1.807, 2.05) is 0 Å². The number of nitrogens with two attached hydrogens (primary N) is 1. The average Bonchev–Trinajstić information content (AvgIpc) is 2.33. The molecule has 0 aromatic heterocycles. The number of carboxylic acids is 1. The first-order valence-electron chi connectivity index (χ1n) is 6.96. The second kappa shape index (κ2) is 9.43. The Hall–Kier alpha value is -2.59. The summed E-state index contributed by atoms with van der Waals surface area (Å²) in [4.78, 5) is 32.7. The number of hydrogen-bond acceptors (Lipinski definition) is 5. The maximum Gasteiger partial charge on any atom is 0.408 e. The Balaban J connectivity index is 4.14. The van der Waals surface area contributed by atoms with Gasteiger partial charge < -0.3 is 26.2 Å². The highest BCUT2D eigenvalue weighted by Gasteiger charge is 2.23. The minimum atomic E-state index is -1.17. The number of amides is 1. The third-order valence-corrected chi connectivity index (χ3v) is 2.40. The Bertz CT molecular complexity index is 459. The second-order valence-electron chi connectivity index (χ2n) is 5.68.